The number of likely N-dealkylation sites (tertiary alicyclic amines) is 1. The van der Waals surface area contributed by atoms with E-state index in [4.69, 9.17) is 0 Å². The van der Waals surface area contributed by atoms with Gasteiger partial charge in [0.15, 0.2) is 0 Å². The Morgan fingerprint density at radius 2 is 1.82 bits per heavy atom. The molecular formula is C14H27NO2. The van der Waals surface area contributed by atoms with Crippen LogP contribution in [0.2, 0.25) is 0 Å². The third-order valence-electron chi connectivity index (χ3n) is 4.66. The average molecular weight is 241 g/mol. The number of aliphatic hydroxyl groups excluding tert-OH is 1. The molecule has 0 radical (unpaired) electrons. The van der Waals surface area contributed by atoms with Gasteiger partial charge in [-0.25, -0.2) is 0 Å². The highest BCUT2D eigenvalue weighted by Gasteiger charge is 2.37. The van der Waals surface area contributed by atoms with Gasteiger partial charge in [-0.2, -0.15) is 0 Å². The van der Waals surface area contributed by atoms with E-state index in [1.54, 1.807) is 0 Å². The van der Waals surface area contributed by atoms with Gasteiger partial charge in [0.05, 0.1) is 0 Å². The van der Waals surface area contributed by atoms with Crippen molar-refractivity contribution >= 4 is 5.91 Å². The van der Waals surface area contributed by atoms with Crippen molar-refractivity contribution in [2.45, 2.75) is 53.4 Å². The minimum atomic E-state index is -0.245. The molecule has 1 rings (SSSR count). The molecule has 0 spiro atoms. The van der Waals surface area contributed by atoms with E-state index in [0.717, 1.165) is 38.8 Å². The molecule has 0 saturated carbocycles. The summed E-state index contributed by atoms with van der Waals surface area (Å²) < 4.78 is 0. The molecule has 1 amide bonds. The average Bonchev–Trinajstić information content (AvgIpc) is 2.38. The first-order chi connectivity index (χ1) is 7.90. The lowest BCUT2D eigenvalue weighted by Gasteiger charge is -2.42. The van der Waals surface area contributed by atoms with Crippen LogP contribution in [0.3, 0.4) is 0 Å². The van der Waals surface area contributed by atoms with Gasteiger partial charge in [-0.3, -0.25) is 4.79 Å². The molecule has 100 valence electrons. The number of amides is 1. The smallest absolute Gasteiger partial charge is 0.228 e. The van der Waals surface area contributed by atoms with E-state index < -0.39 is 0 Å². The number of carbonyl (C=O) groups is 1. The first-order valence-electron chi connectivity index (χ1n) is 6.81. The van der Waals surface area contributed by atoms with Crippen molar-refractivity contribution in [3.8, 4) is 0 Å². The van der Waals surface area contributed by atoms with Gasteiger partial charge in [0.25, 0.3) is 0 Å². The van der Waals surface area contributed by atoms with E-state index in [1.165, 1.54) is 0 Å². The van der Waals surface area contributed by atoms with Gasteiger partial charge in [-0.05, 0) is 31.1 Å². The Balaban J connectivity index is 2.61. The zero-order chi connectivity index (χ0) is 13.1. The van der Waals surface area contributed by atoms with Crippen LogP contribution in [0.15, 0.2) is 0 Å². The van der Waals surface area contributed by atoms with Crippen LogP contribution in [0.4, 0.5) is 0 Å². The van der Waals surface area contributed by atoms with E-state index >= 15 is 0 Å². The van der Waals surface area contributed by atoms with Crippen molar-refractivity contribution in [1.29, 1.82) is 0 Å². The Morgan fingerprint density at radius 1 is 1.29 bits per heavy atom. The Kier molecular flexibility index (Phi) is 4.59. The minimum absolute atomic E-state index is 0.0626. The van der Waals surface area contributed by atoms with Gasteiger partial charge < -0.3 is 10.0 Å². The molecule has 3 nitrogen and oxygen atoms in total. The lowest BCUT2D eigenvalue weighted by Crippen LogP contribution is -2.48. The molecule has 1 aliphatic heterocycles. The van der Waals surface area contributed by atoms with Crippen molar-refractivity contribution in [1.82, 2.24) is 4.90 Å². The van der Waals surface area contributed by atoms with Gasteiger partial charge in [0.2, 0.25) is 5.91 Å². The molecule has 0 aromatic rings. The molecule has 1 saturated heterocycles. The fourth-order valence-corrected chi connectivity index (χ4v) is 2.39. The highest BCUT2D eigenvalue weighted by molar-refractivity contribution is 5.82. The standard InChI is InChI=1S/C14H27NO2/c1-5-13(3,4)12(17)15-9-7-14(6-2,11-16)8-10-15/h16H,5-11H2,1-4H3. The normalized spacial score (nSPS) is 20.4. The number of hydrogen-bond donors (Lipinski definition) is 1. The largest absolute Gasteiger partial charge is 0.396 e. The lowest BCUT2D eigenvalue weighted by molar-refractivity contribution is -0.143. The Labute approximate surface area is 105 Å². The van der Waals surface area contributed by atoms with E-state index in [1.807, 2.05) is 18.7 Å². The molecule has 17 heavy (non-hydrogen) atoms. The van der Waals surface area contributed by atoms with Gasteiger partial charge in [-0.15, -0.1) is 0 Å². The molecule has 0 aromatic heterocycles. The SMILES string of the molecule is CCC1(CO)CCN(C(=O)C(C)(C)CC)CC1. The number of piperidine rings is 1. The van der Waals surface area contributed by atoms with E-state index in [0.29, 0.717) is 0 Å². The monoisotopic (exact) mass is 241 g/mol. The molecule has 3 heteroatoms. The van der Waals surface area contributed by atoms with Gasteiger partial charge in [0, 0.05) is 25.1 Å². The molecule has 1 aliphatic rings. The minimum Gasteiger partial charge on any atom is -0.396 e. The summed E-state index contributed by atoms with van der Waals surface area (Å²) in [6, 6.07) is 0. The zero-order valence-electron chi connectivity index (χ0n) is 11.8. The van der Waals surface area contributed by atoms with Crippen molar-refractivity contribution in [3.63, 3.8) is 0 Å². The molecule has 0 bridgehead atoms. The third kappa shape index (κ3) is 3.01. The third-order valence-corrected chi connectivity index (χ3v) is 4.66. The number of nitrogens with zero attached hydrogens (tertiary/aromatic N) is 1. The van der Waals surface area contributed by atoms with E-state index in [2.05, 4.69) is 13.8 Å². The first-order valence-corrected chi connectivity index (χ1v) is 6.81. The van der Waals surface area contributed by atoms with Crippen LogP contribution < -0.4 is 0 Å². The van der Waals surface area contributed by atoms with Crippen LogP contribution in [0.1, 0.15) is 53.4 Å². The summed E-state index contributed by atoms with van der Waals surface area (Å²) in [5.74, 6) is 0.266. The topological polar surface area (TPSA) is 40.5 Å². The maximum absolute atomic E-state index is 12.3. The fourth-order valence-electron chi connectivity index (χ4n) is 2.39. The molecule has 0 aliphatic carbocycles. The number of aliphatic hydroxyl groups is 1. The van der Waals surface area contributed by atoms with E-state index in [9.17, 15) is 9.90 Å². The van der Waals surface area contributed by atoms with Crippen molar-refractivity contribution in [2.75, 3.05) is 19.7 Å². The van der Waals surface area contributed by atoms with Crippen LogP contribution in [0.25, 0.3) is 0 Å². The van der Waals surface area contributed by atoms with Crippen molar-refractivity contribution in [2.24, 2.45) is 10.8 Å². The number of carbonyl (C=O) groups excluding carboxylic acids is 1. The Hall–Kier alpha value is -0.570. The first kappa shape index (κ1) is 14.5. The van der Waals surface area contributed by atoms with Crippen LogP contribution in [0.5, 0.6) is 0 Å². The Morgan fingerprint density at radius 3 is 2.18 bits per heavy atom. The van der Waals surface area contributed by atoms with Crippen LogP contribution in [0, 0.1) is 10.8 Å². The van der Waals surface area contributed by atoms with Crippen molar-refractivity contribution < 1.29 is 9.90 Å². The summed E-state index contributed by atoms with van der Waals surface area (Å²) in [5.41, 5.74) is -0.182. The summed E-state index contributed by atoms with van der Waals surface area (Å²) in [7, 11) is 0. The summed E-state index contributed by atoms with van der Waals surface area (Å²) in [5, 5.41) is 9.47. The molecule has 0 unspecified atom stereocenters. The Bertz CT molecular complexity index is 259. The molecule has 1 fully saturated rings. The highest BCUT2D eigenvalue weighted by atomic mass is 16.3. The predicted molar refractivity (Wildman–Crippen MR) is 69.7 cm³/mol. The second-order valence-electron chi connectivity index (χ2n) is 6.04. The summed E-state index contributed by atoms with van der Waals surface area (Å²) in [4.78, 5) is 14.3. The number of rotatable bonds is 4. The molecule has 0 atom stereocenters. The van der Waals surface area contributed by atoms with Crippen LogP contribution in [-0.4, -0.2) is 35.6 Å². The molecule has 1 heterocycles. The number of hydrogen-bond acceptors (Lipinski definition) is 2. The van der Waals surface area contributed by atoms with Crippen molar-refractivity contribution in [3.05, 3.63) is 0 Å². The summed E-state index contributed by atoms with van der Waals surface area (Å²) in [6.07, 6.45) is 3.75. The maximum atomic E-state index is 12.3. The second kappa shape index (κ2) is 5.38. The van der Waals surface area contributed by atoms with Gasteiger partial charge in [-0.1, -0.05) is 27.7 Å². The van der Waals surface area contributed by atoms with E-state index in [-0.39, 0.29) is 23.3 Å². The van der Waals surface area contributed by atoms with Gasteiger partial charge in [0.1, 0.15) is 0 Å². The summed E-state index contributed by atoms with van der Waals surface area (Å²) >= 11 is 0. The lowest BCUT2D eigenvalue weighted by atomic mass is 9.76. The highest BCUT2D eigenvalue weighted by Crippen LogP contribution is 2.35. The predicted octanol–water partition coefficient (Wildman–Crippen LogP) is 2.43. The summed E-state index contributed by atoms with van der Waals surface area (Å²) in [6.45, 7) is 10.1. The molecule has 0 aromatic carbocycles. The second-order valence-corrected chi connectivity index (χ2v) is 6.04. The van der Waals surface area contributed by atoms with Crippen LogP contribution in [-0.2, 0) is 4.79 Å². The molecule has 1 N–H and O–H groups in total. The maximum Gasteiger partial charge on any atom is 0.228 e. The van der Waals surface area contributed by atoms with Crippen LogP contribution >= 0.6 is 0 Å². The quantitative estimate of drug-likeness (QED) is 0.821. The van der Waals surface area contributed by atoms with Gasteiger partial charge >= 0.3 is 0 Å². The fraction of sp³-hybridized carbons (Fsp3) is 0.929. The zero-order valence-corrected chi connectivity index (χ0v) is 11.8. The molecular weight excluding hydrogens is 214 g/mol.